The lowest BCUT2D eigenvalue weighted by molar-refractivity contribution is 0.0963. The van der Waals surface area contributed by atoms with Crippen LogP contribution in [0.2, 0.25) is 0 Å². The first-order valence-electron chi connectivity index (χ1n) is 3.77. The van der Waals surface area contributed by atoms with Crippen LogP contribution in [0.15, 0.2) is 0 Å². The molecule has 0 radical (unpaired) electrons. The van der Waals surface area contributed by atoms with Crippen molar-refractivity contribution < 1.29 is 9.53 Å². The van der Waals surface area contributed by atoms with Crippen molar-refractivity contribution in [3.8, 4) is 0 Å². The van der Waals surface area contributed by atoms with E-state index < -0.39 is 0 Å². The number of cyclic esters (lactones) is 1. The summed E-state index contributed by atoms with van der Waals surface area (Å²) in [5, 5.41) is 2.69. The van der Waals surface area contributed by atoms with Gasteiger partial charge in [0.25, 0.3) is 0 Å². The standard InChI is InChI=1S/C7H11NO2/c9-7-8-3-6(4-10-7)5-1-2-5/h5-6H,1-4H2,(H,8,9). The van der Waals surface area contributed by atoms with Crippen LogP contribution in [-0.4, -0.2) is 19.2 Å². The minimum Gasteiger partial charge on any atom is -0.449 e. The number of hydrogen-bond acceptors (Lipinski definition) is 2. The van der Waals surface area contributed by atoms with E-state index in [4.69, 9.17) is 4.74 Å². The van der Waals surface area contributed by atoms with E-state index in [1.807, 2.05) is 0 Å². The van der Waals surface area contributed by atoms with Gasteiger partial charge in [-0.25, -0.2) is 4.79 Å². The van der Waals surface area contributed by atoms with Crippen LogP contribution >= 0.6 is 0 Å². The van der Waals surface area contributed by atoms with E-state index >= 15 is 0 Å². The Morgan fingerprint density at radius 1 is 1.40 bits per heavy atom. The Bertz CT molecular complexity index is 144. The van der Waals surface area contributed by atoms with Crippen molar-refractivity contribution in [2.75, 3.05) is 13.2 Å². The fourth-order valence-electron chi connectivity index (χ4n) is 1.38. The van der Waals surface area contributed by atoms with Crippen molar-refractivity contribution in [2.45, 2.75) is 12.8 Å². The highest BCUT2D eigenvalue weighted by Gasteiger charge is 2.34. The van der Waals surface area contributed by atoms with E-state index in [-0.39, 0.29) is 6.09 Å². The molecule has 56 valence electrons. The second-order valence-corrected chi connectivity index (χ2v) is 3.08. The van der Waals surface area contributed by atoms with Gasteiger partial charge in [-0.2, -0.15) is 0 Å². The first kappa shape index (κ1) is 6.01. The van der Waals surface area contributed by atoms with Crippen LogP contribution < -0.4 is 5.32 Å². The highest BCUT2D eigenvalue weighted by Crippen LogP contribution is 2.37. The molecule has 1 unspecified atom stereocenters. The molecule has 0 spiro atoms. The lowest BCUT2D eigenvalue weighted by Crippen LogP contribution is -2.39. The quantitative estimate of drug-likeness (QED) is 0.585. The number of amides is 1. The summed E-state index contributed by atoms with van der Waals surface area (Å²) < 4.78 is 4.84. The molecule has 1 atom stereocenters. The van der Waals surface area contributed by atoms with E-state index in [1.54, 1.807) is 0 Å². The first-order valence-corrected chi connectivity index (χ1v) is 3.77. The maximum Gasteiger partial charge on any atom is 0.407 e. The maximum atomic E-state index is 10.5. The normalized spacial score (nSPS) is 32.8. The molecule has 2 rings (SSSR count). The lowest BCUT2D eigenvalue weighted by atomic mass is 10.1. The molecule has 1 N–H and O–H groups in total. The van der Waals surface area contributed by atoms with Crippen LogP contribution in [0.4, 0.5) is 4.79 Å². The molecule has 0 aromatic carbocycles. The third kappa shape index (κ3) is 1.08. The summed E-state index contributed by atoms with van der Waals surface area (Å²) in [6.45, 7) is 1.46. The van der Waals surface area contributed by atoms with Crippen molar-refractivity contribution in [3.05, 3.63) is 0 Å². The van der Waals surface area contributed by atoms with E-state index in [0.717, 1.165) is 12.5 Å². The molecule has 2 fully saturated rings. The Balaban J connectivity index is 1.84. The Hall–Kier alpha value is -0.730. The summed E-state index contributed by atoms with van der Waals surface area (Å²) in [4.78, 5) is 10.5. The SMILES string of the molecule is O=C1NCC(C2CC2)CO1. The molecule has 10 heavy (non-hydrogen) atoms. The van der Waals surface area contributed by atoms with Gasteiger partial charge in [0.1, 0.15) is 0 Å². The number of rotatable bonds is 1. The third-order valence-corrected chi connectivity index (χ3v) is 2.23. The van der Waals surface area contributed by atoms with E-state index in [0.29, 0.717) is 12.5 Å². The molecular formula is C7H11NO2. The molecule has 1 amide bonds. The molecule has 0 aromatic heterocycles. The molecule has 1 saturated heterocycles. The van der Waals surface area contributed by atoms with Crippen molar-refractivity contribution in [2.24, 2.45) is 11.8 Å². The van der Waals surface area contributed by atoms with Gasteiger partial charge >= 0.3 is 6.09 Å². The van der Waals surface area contributed by atoms with Gasteiger partial charge < -0.3 is 10.1 Å². The van der Waals surface area contributed by atoms with Gasteiger partial charge in [0, 0.05) is 12.5 Å². The molecule has 3 nitrogen and oxygen atoms in total. The van der Waals surface area contributed by atoms with Crippen LogP contribution in [0.3, 0.4) is 0 Å². The summed E-state index contributed by atoms with van der Waals surface area (Å²) >= 11 is 0. The zero-order valence-corrected chi connectivity index (χ0v) is 5.80. The van der Waals surface area contributed by atoms with Gasteiger partial charge in [-0.05, 0) is 18.8 Å². The number of alkyl carbamates (subject to hydrolysis) is 1. The largest absolute Gasteiger partial charge is 0.449 e. The number of nitrogens with one attached hydrogen (secondary N) is 1. The van der Waals surface area contributed by atoms with Crippen LogP contribution in [-0.2, 0) is 4.74 Å². The van der Waals surface area contributed by atoms with Crippen LogP contribution in [0.1, 0.15) is 12.8 Å². The monoisotopic (exact) mass is 141 g/mol. The smallest absolute Gasteiger partial charge is 0.407 e. The lowest BCUT2D eigenvalue weighted by Gasteiger charge is -2.21. The summed E-state index contributed by atoms with van der Waals surface area (Å²) in [6, 6.07) is 0. The third-order valence-electron chi connectivity index (χ3n) is 2.23. The van der Waals surface area contributed by atoms with Crippen molar-refractivity contribution >= 4 is 6.09 Å². The number of carbonyl (C=O) groups excluding carboxylic acids is 1. The molecule has 1 saturated carbocycles. The summed E-state index contributed by atoms with van der Waals surface area (Å²) in [6.07, 6.45) is 2.39. The zero-order chi connectivity index (χ0) is 6.97. The molecular weight excluding hydrogens is 130 g/mol. The summed E-state index contributed by atoms with van der Waals surface area (Å²) in [7, 11) is 0. The summed E-state index contributed by atoms with van der Waals surface area (Å²) in [5.74, 6) is 1.43. The topological polar surface area (TPSA) is 38.3 Å². The second kappa shape index (κ2) is 2.15. The number of carbonyl (C=O) groups is 1. The summed E-state index contributed by atoms with van der Waals surface area (Å²) in [5.41, 5.74) is 0. The predicted molar refractivity (Wildman–Crippen MR) is 35.6 cm³/mol. The molecule has 1 aliphatic heterocycles. The highest BCUT2D eigenvalue weighted by atomic mass is 16.6. The molecule has 0 aromatic rings. The predicted octanol–water partition coefficient (Wildman–Crippen LogP) is 0.752. The number of hydrogen-bond donors (Lipinski definition) is 1. The van der Waals surface area contributed by atoms with Crippen LogP contribution in [0, 0.1) is 11.8 Å². The van der Waals surface area contributed by atoms with Crippen molar-refractivity contribution in [1.82, 2.24) is 5.32 Å². The van der Waals surface area contributed by atoms with Gasteiger partial charge in [-0.3, -0.25) is 0 Å². The van der Waals surface area contributed by atoms with E-state index in [1.165, 1.54) is 12.8 Å². The first-order chi connectivity index (χ1) is 4.86. The average molecular weight is 141 g/mol. The Labute approximate surface area is 59.7 Å². The van der Waals surface area contributed by atoms with Gasteiger partial charge in [-0.1, -0.05) is 0 Å². The van der Waals surface area contributed by atoms with Crippen molar-refractivity contribution in [3.63, 3.8) is 0 Å². The van der Waals surface area contributed by atoms with Crippen LogP contribution in [0.5, 0.6) is 0 Å². The fourth-order valence-corrected chi connectivity index (χ4v) is 1.38. The molecule has 2 aliphatic rings. The van der Waals surface area contributed by atoms with Gasteiger partial charge in [-0.15, -0.1) is 0 Å². The zero-order valence-electron chi connectivity index (χ0n) is 5.80. The molecule has 3 heteroatoms. The van der Waals surface area contributed by atoms with Gasteiger partial charge in [0.05, 0.1) is 6.61 Å². The average Bonchev–Trinajstić information content (AvgIpc) is 2.71. The highest BCUT2D eigenvalue weighted by molar-refractivity contribution is 5.67. The van der Waals surface area contributed by atoms with Crippen molar-refractivity contribution in [1.29, 1.82) is 0 Å². The number of ether oxygens (including phenoxy) is 1. The maximum absolute atomic E-state index is 10.5. The van der Waals surface area contributed by atoms with Crippen LogP contribution in [0.25, 0.3) is 0 Å². The second-order valence-electron chi connectivity index (χ2n) is 3.08. The Morgan fingerprint density at radius 2 is 2.20 bits per heavy atom. The Morgan fingerprint density at radius 3 is 2.70 bits per heavy atom. The van der Waals surface area contributed by atoms with E-state index in [9.17, 15) is 4.79 Å². The van der Waals surface area contributed by atoms with E-state index in [2.05, 4.69) is 5.32 Å². The Kier molecular flexibility index (Phi) is 1.29. The van der Waals surface area contributed by atoms with Gasteiger partial charge in [0.2, 0.25) is 0 Å². The van der Waals surface area contributed by atoms with Gasteiger partial charge in [0.15, 0.2) is 0 Å². The minimum atomic E-state index is -0.253. The minimum absolute atomic E-state index is 0.253. The molecule has 1 heterocycles. The molecule has 1 aliphatic carbocycles. The molecule has 0 bridgehead atoms. The fraction of sp³-hybridized carbons (Fsp3) is 0.857.